The van der Waals surface area contributed by atoms with Crippen molar-refractivity contribution in [2.24, 2.45) is 23.7 Å². The van der Waals surface area contributed by atoms with Crippen molar-refractivity contribution in [2.75, 3.05) is 12.4 Å². The molecule has 8 nitrogen and oxygen atoms in total. The van der Waals surface area contributed by atoms with Crippen molar-refractivity contribution in [1.82, 2.24) is 5.32 Å². The number of anilines is 1. The first kappa shape index (κ1) is 31.8. The molecule has 44 heavy (non-hydrogen) atoms. The maximum Gasteiger partial charge on any atom is 0.310 e. The van der Waals surface area contributed by atoms with Crippen molar-refractivity contribution in [3.05, 3.63) is 47.8 Å². The maximum atomic E-state index is 14.9. The van der Waals surface area contributed by atoms with Crippen LogP contribution in [-0.2, 0) is 9.59 Å². The third-order valence-corrected chi connectivity index (χ3v) is 10.0. The molecule has 3 fully saturated rings. The van der Waals surface area contributed by atoms with Crippen molar-refractivity contribution in [1.29, 1.82) is 0 Å². The van der Waals surface area contributed by atoms with Crippen LogP contribution >= 0.6 is 10.2 Å². The Kier molecular flexibility index (Phi) is 7.78. The number of carbonyl (C=O) groups excluding carboxylic acids is 2. The number of amides is 2. The molecule has 3 aliphatic carbocycles. The molecule has 15 heteroatoms. The first-order valence-electron chi connectivity index (χ1n) is 14.2. The predicted octanol–water partition coefficient (Wildman–Crippen LogP) is 7.30. The number of carboxylic acids is 1. The topological polar surface area (TPSA) is 114 Å². The summed E-state index contributed by atoms with van der Waals surface area (Å²) in [5.74, 6) is -5.09. The number of methoxy groups -OCH3 is 1. The second kappa shape index (κ2) is 10.8. The minimum Gasteiger partial charge on any atom is -0.496 e. The van der Waals surface area contributed by atoms with Crippen molar-refractivity contribution < 1.29 is 52.8 Å². The van der Waals surface area contributed by atoms with Gasteiger partial charge in [-0.2, -0.15) is 0 Å². The van der Waals surface area contributed by atoms with Crippen molar-refractivity contribution in [3.8, 4) is 11.5 Å². The van der Waals surface area contributed by atoms with Gasteiger partial charge in [0, 0.05) is 17.8 Å². The van der Waals surface area contributed by atoms with E-state index in [0.717, 1.165) is 18.2 Å². The number of carbonyl (C=O) groups is 3. The van der Waals surface area contributed by atoms with Gasteiger partial charge in [-0.15, -0.1) is 0 Å². The highest BCUT2D eigenvalue weighted by atomic mass is 32.5. The van der Waals surface area contributed by atoms with Gasteiger partial charge in [0.25, 0.3) is 5.91 Å². The molecule has 0 radical (unpaired) electrons. The molecule has 0 aromatic heterocycles. The van der Waals surface area contributed by atoms with Gasteiger partial charge in [0.15, 0.2) is 11.6 Å². The fraction of sp³-hybridized carbons (Fsp3) is 0.483. The Bertz CT molecular complexity index is 1480. The van der Waals surface area contributed by atoms with Crippen LogP contribution in [0.25, 0.3) is 0 Å². The summed E-state index contributed by atoms with van der Waals surface area (Å²) >= 11 is 0. The van der Waals surface area contributed by atoms with Crippen LogP contribution in [0.4, 0.5) is 29.5 Å². The third kappa shape index (κ3) is 6.71. The molecular formula is C29H32F6N2O6S. The Hall–Kier alpha value is -3.62. The van der Waals surface area contributed by atoms with Gasteiger partial charge in [-0.05, 0) is 81.0 Å². The molecule has 3 N–H and O–H groups in total. The Balaban J connectivity index is 1.33. The van der Waals surface area contributed by atoms with Crippen LogP contribution in [0.2, 0.25) is 0 Å². The molecule has 0 unspecified atom stereocenters. The van der Waals surface area contributed by atoms with Crippen molar-refractivity contribution in [3.63, 3.8) is 0 Å². The zero-order valence-corrected chi connectivity index (χ0v) is 24.4. The van der Waals surface area contributed by atoms with Gasteiger partial charge >= 0.3 is 16.2 Å². The highest BCUT2D eigenvalue weighted by Crippen LogP contribution is 3.02. The quantitative estimate of drug-likeness (QED) is 0.246. The summed E-state index contributed by atoms with van der Waals surface area (Å²) in [6.07, 6.45) is 2.94. The number of benzene rings is 2. The van der Waals surface area contributed by atoms with Crippen LogP contribution in [0, 0.1) is 29.5 Å². The predicted molar refractivity (Wildman–Crippen MR) is 149 cm³/mol. The zero-order chi connectivity index (χ0) is 32.1. The highest BCUT2D eigenvalue weighted by molar-refractivity contribution is 8.45. The molecule has 3 aliphatic rings. The molecule has 2 aromatic rings. The van der Waals surface area contributed by atoms with E-state index in [0.29, 0.717) is 44.9 Å². The largest absolute Gasteiger partial charge is 0.496 e. The third-order valence-electron chi connectivity index (χ3n) is 8.88. The fourth-order valence-electron chi connectivity index (χ4n) is 6.72. The lowest BCUT2D eigenvalue weighted by molar-refractivity contribution is -0.143. The molecule has 2 bridgehead atoms. The first-order valence-corrected chi connectivity index (χ1v) is 16.1. The molecule has 5 rings (SSSR count). The molecule has 0 spiro atoms. The first-order chi connectivity index (χ1) is 20.4. The molecule has 4 atom stereocenters. The molecule has 2 aromatic carbocycles. The van der Waals surface area contributed by atoms with Gasteiger partial charge < -0.3 is 25.2 Å². The van der Waals surface area contributed by atoms with Gasteiger partial charge in [-0.1, -0.05) is 25.5 Å². The van der Waals surface area contributed by atoms with Gasteiger partial charge in [-0.3, -0.25) is 14.4 Å². The summed E-state index contributed by atoms with van der Waals surface area (Å²) in [5.41, 5.74) is -0.526. The summed E-state index contributed by atoms with van der Waals surface area (Å²) in [7, 11) is -8.73. The number of fused-ring (bicyclic) bond motifs is 2. The van der Waals surface area contributed by atoms with E-state index < -0.39 is 68.4 Å². The molecule has 242 valence electrons. The van der Waals surface area contributed by atoms with Crippen LogP contribution < -0.4 is 20.1 Å². The number of carboxylic acid groups (broad SMARTS) is 1. The lowest BCUT2D eigenvalue weighted by Gasteiger charge is -2.40. The van der Waals surface area contributed by atoms with Gasteiger partial charge in [0.05, 0.1) is 30.6 Å². The number of hydrogen-bond donors (Lipinski definition) is 3. The normalized spacial score (nSPS) is 28.0. The second-order valence-electron chi connectivity index (χ2n) is 11.8. The second-order valence-corrected chi connectivity index (χ2v) is 14.2. The van der Waals surface area contributed by atoms with Gasteiger partial charge in [0.2, 0.25) is 5.91 Å². The van der Waals surface area contributed by atoms with E-state index in [1.165, 1.54) is 13.2 Å². The number of hydrogen-bond acceptors (Lipinski definition) is 5. The lowest BCUT2D eigenvalue weighted by atomic mass is 9.83. The molecular weight excluding hydrogens is 618 g/mol. The summed E-state index contributed by atoms with van der Waals surface area (Å²) in [5, 5.41) is 14.3. The summed E-state index contributed by atoms with van der Waals surface area (Å²) < 4.78 is 92.5. The van der Waals surface area contributed by atoms with E-state index in [2.05, 4.69) is 10.6 Å². The lowest BCUT2D eigenvalue weighted by Crippen LogP contribution is -2.48. The highest BCUT2D eigenvalue weighted by Gasteiger charge is 2.65. The van der Waals surface area contributed by atoms with Crippen LogP contribution in [0.3, 0.4) is 0 Å². The maximum absolute atomic E-state index is 14.9. The summed E-state index contributed by atoms with van der Waals surface area (Å²) in [4.78, 5) is 35.9. The monoisotopic (exact) mass is 650 g/mol. The average Bonchev–Trinajstić information content (AvgIpc) is 3.55. The zero-order valence-electron chi connectivity index (χ0n) is 23.5. The van der Waals surface area contributed by atoms with Crippen molar-refractivity contribution >= 4 is 33.7 Å². The van der Waals surface area contributed by atoms with Crippen LogP contribution in [0.5, 0.6) is 11.5 Å². The number of halogens is 6. The van der Waals surface area contributed by atoms with E-state index in [4.69, 9.17) is 9.47 Å². The van der Waals surface area contributed by atoms with Gasteiger partial charge in [0.1, 0.15) is 10.6 Å². The Morgan fingerprint density at radius 2 is 1.59 bits per heavy atom. The SMILES string of the molecule is COc1cc(F)c(OC2CCC(C(=O)O)CC2)cc1C(=O)N[C@@H]1[C@@H]2CC[C@@H](C2)[C@@H]1C(=O)Nc1cccc(S(F)(F)(F)(F)F)c1. The summed E-state index contributed by atoms with van der Waals surface area (Å²) in [6, 6.07) is 3.73. The van der Waals surface area contributed by atoms with E-state index in [9.17, 15) is 43.3 Å². The summed E-state index contributed by atoms with van der Waals surface area (Å²) in [6.45, 7) is 0. The molecule has 3 saturated carbocycles. The van der Waals surface area contributed by atoms with Crippen LogP contribution in [0.1, 0.15) is 55.3 Å². The number of aliphatic carboxylic acids is 1. The number of ether oxygens (including phenoxy) is 2. The number of nitrogens with one attached hydrogen (secondary N) is 2. The molecule has 0 saturated heterocycles. The van der Waals surface area contributed by atoms with Crippen LogP contribution in [-0.4, -0.2) is 42.1 Å². The van der Waals surface area contributed by atoms with E-state index in [-0.39, 0.29) is 41.0 Å². The molecule has 2 amide bonds. The fourth-order valence-corrected chi connectivity index (χ4v) is 7.41. The Labute approximate surface area is 249 Å². The minimum atomic E-state index is -9.97. The minimum absolute atomic E-state index is 0.0753. The average molecular weight is 651 g/mol. The van der Waals surface area contributed by atoms with Crippen LogP contribution in [0.15, 0.2) is 41.3 Å². The smallest absolute Gasteiger partial charge is 0.310 e. The molecule has 0 aliphatic heterocycles. The van der Waals surface area contributed by atoms with E-state index >= 15 is 0 Å². The van der Waals surface area contributed by atoms with Crippen molar-refractivity contribution in [2.45, 2.75) is 62.0 Å². The Morgan fingerprint density at radius 1 is 0.909 bits per heavy atom. The standard InChI is InChI=1S/C29H32F6N2O6S/c1-42-23-14-22(30)24(43-19-9-7-15(8-10-19)29(40)41)13-21(23)27(38)37-26-17-6-5-16(11-17)25(26)28(39)36-18-3-2-4-20(12-18)44(31,32,33,34)35/h2-4,12-17,19,25-26H,5-11H2,1H3,(H,36,39)(H,37,38)(H,40,41)/t15?,16-,17+,19?,25-,26+/m0/s1. The Morgan fingerprint density at radius 3 is 2.23 bits per heavy atom. The van der Waals surface area contributed by atoms with E-state index in [1.54, 1.807) is 0 Å². The number of rotatable bonds is 9. The van der Waals surface area contributed by atoms with Gasteiger partial charge in [-0.25, -0.2) is 4.39 Å². The van der Waals surface area contributed by atoms with E-state index in [1.807, 2.05) is 0 Å². The molecule has 0 heterocycles.